The van der Waals surface area contributed by atoms with Crippen molar-refractivity contribution in [2.24, 2.45) is 28.6 Å². The molecule has 4 aliphatic rings. The number of nitrogens with one attached hydrogen (secondary N) is 1. The average molecular weight is 662 g/mol. The molecule has 1 amide bonds. The summed E-state index contributed by atoms with van der Waals surface area (Å²) in [5.41, 5.74) is -1.23. The molecule has 8 heteroatoms. The molecule has 3 fully saturated rings. The summed E-state index contributed by atoms with van der Waals surface area (Å²) in [7, 11) is 0. The highest BCUT2D eigenvalue weighted by atomic mass is 16.3. The van der Waals surface area contributed by atoms with Gasteiger partial charge in [0.2, 0.25) is 5.91 Å². The predicted molar refractivity (Wildman–Crippen MR) is 186 cm³/mol. The molecule has 270 valence electrons. The second kappa shape index (κ2) is 19.0. The largest absolute Gasteiger partial charge is 0.395 e. The van der Waals surface area contributed by atoms with Gasteiger partial charge in [-0.15, -0.1) is 0 Å². The maximum atomic E-state index is 12.4. The average Bonchev–Trinajstić information content (AvgIpc) is 3.32. The number of carbonyl (C=O) groups excluding carboxylic acids is 3. The lowest BCUT2D eigenvalue weighted by Gasteiger charge is -2.60. The maximum Gasteiger partial charge on any atom is 0.220 e. The van der Waals surface area contributed by atoms with E-state index in [1.165, 1.54) is 76.2 Å². The van der Waals surface area contributed by atoms with E-state index in [1.807, 2.05) is 6.92 Å². The highest BCUT2D eigenvalue weighted by Crippen LogP contribution is 2.67. The molecule has 0 bridgehead atoms. The number of ketones is 2. The summed E-state index contributed by atoms with van der Waals surface area (Å²) in [6, 6.07) is 0. The second-order valence-corrected chi connectivity index (χ2v) is 15.6. The number of unbranched alkanes of at least 4 members (excludes halogenated alkanes) is 12. The maximum absolute atomic E-state index is 12.4. The number of aliphatic hydroxyl groups is 4. The Labute approximate surface area is 284 Å². The van der Waals surface area contributed by atoms with Crippen molar-refractivity contribution in [3.63, 3.8) is 0 Å². The minimum atomic E-state index is -1.54. The van der Waals surface area contributed by atoms with Crippen LogP contribution in [0, 0.1) is 28.6 Å². The van der Waals surface area contributed by atoms with Crippen LogP contribution in [-0.2, 0) is 14.4 Å². The van der Waals surface area contributed by atoms with E-state index in [1.54, 1.807) is 6.08 Å². The first-order chi connectivity index (χ1) is 22.5. The Kier molecular flexibility index (Phi) is 16.1. The number of fused-ring (bicyclic) bond motifs is 5. The van der Waals surface area contributed by atoms with E-state index in [0.717, 1.165) is 38.5 Å². The third kappa shape index (κ3) is 9.76. The van der Waals surface area contributed by atoms with E-state index in [4.69, 9.17) is 5.11 Å². The number of Topliss-reactive ketones (excluding diaryl/α,β-unsaturated/α-hetero) is 1. The van der Waals surface area contributed by atoms with E-state index < -0.39 is 29.5 Å². The third-order valence-electron chi connectivity index (χ3n) is 12.6. The lowest BCUT2D eigenvalue weighted by atomic mass is 9.45. The summed E-state index contributed by atoms with van der Waals surface area (Å²) in [4.78, 5) is 35.5. The zero-order valence-electron chi connectivity index (χ0n) is 29.9. The minimum Gasteiger partial charge on any atom is -0.395 e. The van der Waals surface area contributed by atoms with Gasteiger partial charge in [0.25, 0.3) is 0 Å². The Balaban J connectivity index is 0.000000263. The lowest BCUT2D eigenvalue weighted by Crippen LogP contribution is -2.62. The molecule has 0 radical (unpaired) electrons. The topological polar surface area (TPSA) is 144 Å². The summed E-state index contributed by atoms with van der Waals surface area (Å²) in [6.45, 7) is 6.14. The molecule has 0 aromatic carbocycles. The molecule has 8 nitrogen and oxygen atoms in total. The van der Waals surface area contributed by atoms with Crippen LogP contribution in [0.1, 0.15) is 156 Å². The van der Waals surface area contributed by atoms with Gasteiger partial charge in [0, 0.05) is 24.8 Å². The smallest absolute Gasteiger partial charge is 0.220 e. The fourth-order valence-electron chi connectivity index (χ4n) is 9.87. The fourth-order valence-corrected chi connectivity index (χ4v) is 9.87. The van der Waals surface area contributed by atoms with Crippen molar-refractivity contribution in [2.45, 2.75) is 167 Å². The van der Waals surface area contributed by atoms with Crippen LogP contribution < -0.4 is 5.32 Å². The molecular weight excluding hydrogens is 594 g/mol. The van der Waals surface area contributed by atoms with Gasteiger partial charge in [-0.2, -0.15) is 0 Å². The normalized spacial score (nSPS) is 32.7. The van der Waals surface area contributed by atoms with Gasteiger partial charge in [0.05, 0.1) is 12.7 Å². The highest BCUT2D eigenvalue weighted by molar-refractivity contribution is 5.91. The van der Waals surface area contributed by atoms with Gasteiger partial charge in [-0.1, -0.05) is 103 Å². The first-order valence-electron chi connectivity index (χ1n) is 19.1. The first-order valence-corrected chi connectivity index (χ1v) is 19.1. The minimum absolute atomic E-state index is 0.0321. The summed E-state index contributed by atoms with van der Waals surface area (Å²) in [5, 5.41) is 43.0. The second-order valence-electron chi connectivity index (χ2n) is 15.6. The van der Waals surface area contributed by atoms with Crippen LogP contribution in [0.4, 0.5) is 0 Å². The van der Waals surface area contributed by atoms with Crippen molar-refractivity contribution in [1.29, 1.82) is 0 Å². The van der Waals surface area contributed by atoms with E-state index in [9.17, 15) is 29.7 Å². The SMILES string of the molecule is CCCCCCCCCCCCCCCC(=O)NCCO.C[C@]12CCC(=O)C=C1CC[C@@H]1[C@@H]2[C@@H](O)C[C@@]2(C)[C@H]1CC[C@]2(O)C(=O)CO. The number of carbonyl (C=O) groups is 3. The molecule has 5 N–H and O–H groups in total. The van der Waals surface area contributed by atoms with E-state index in [0.29, 0.717) is 32.2 Å². The Hall–Kier alpha value is -1.61. The number of amides is 1. The van der Waals surface area contributed by atoms with Crippen LogP contribution in [0.3, 0.4) is 0 Å². The fraction of sp³-hybridized carbons (Fsp3) is 0.872. The quantitative estimate of drug-likeness (QED) is 0.108. The van der Waals surface area contributed by atoms with Crippen LogP contribution >= 0.6 is 0 Å². The van der Waals surface area contributed by atoms with Crippen LogP contribution in [0.2, 0.25) is 0 Å². The monoisotopic (exact) mass is 661 g/mol. The van der Waals surface area contributed by atoms with Gasteiger partial charge >= 0.3 is 0 Å². The molecule has 0 aromatic heterocycles. The van der Waals surface area contributed by atoms with Gasteiger partial charge in [0.1, 0.15) is 12.2 Å². The molecule has 0 aliphatic heterocycles. The molecule has 0 heterocycles. The Morgan fingerprint density at radius 1 is 0.872 bits per heavy atom. The van der Waals surface area contributed by atoms with Crippen molar-refractivity contribution < 1.29 is 34.8 Å². The molecule has 0 saturated heterocycles. The van der Waals surface area contributed by atoms with Crippen molar-refractivity contribution in [2.75, 3.05) is 19.8 Å². The molecule has 3 saturated carbocycles. The molecule has 4 aliphatic carbocycles. The molecule has 0 spiro atoms. The highest BCUT2D eigenvalue weighted by Gasteiger charge is 2.68. The lowest BCUT2D eigenvalue weighted by molar-refractivity contribution is -0.182. The van der Waals surface area contributed by atoms with Gasteiger partial charge in [-0.3, -0.25) is 14.4 Å². The van der Waals surface area contributed by atoms with Gasteiger partial charge < -0.3 is 25.7 Å². The van der Waals surface area contributed by atoms with Crippen LogP contribution in [0.5, 0.6) is 0 Å². The van der Waals surface area contributed by atoms with E-state index >= 15 is 0 Å². The number of aliphatic hydroxyl groups excluding tert-OH is 3. The summed E-state index contributed by atoms with van der Waals surface area (Å²) >= 11 is 0. The zero-order chi connectivity index (χ0) is 34.5. The van der Waals surface area contributed by atoms with Crippen LogP contribution in [0.25, 0.3) is 0 Å². The molecule has 47 heavy (non-hydrogen) atoms. The molecule has 0 aromatic rings. The van der Waals surface area contributed by atoms with Crippen LogP contribution in [0.15, 0.2) is 11.6 Å². The molecule has 0 unspecified atom stereocenters. The van der Waals surface area contributed by atoms with Gasteiger partial charge in [-0.25, -0.2) is 0 Å². The summed E-state index contributed by atoms with van der Waals surface area (Å²) in [5.74, 6) is 0.216. The van der Waals surface area contributed by atoms with Crippen molar-refractivity contribution in [1.82, 2.24) is 5.32 Å². The van der Waals surface area contributed by atoms with Crippen molar-refractivity contribution >= 4 is 17.5 Å². The number of hydrogen-bond acceptors (Lipinski definition) is 7. The zero-order valence-corrected chi connectivity index (χ0v) is 29.9. The standard InChI is InChI=1S/C21H30O5.C18H37NO2/c1-19-7-5-13(23)9-12(19)3-4-14-15-6-8-21(26,17(25)11-22)20(15,2)10-16(24)18(14)19;1-2-3-4-5-6-7-8-9-10-11-12-13-14-15-18(21)19-16-17-20/h9,14-16,18,22,24,26H,3-8,10-11H2,1-2H3;20H,2-17H2,1H3,(H,19,21)/t14-,15-,16-,18+,19-,20-,21-;/m0./s1. The van der Waals surface area contributed by atoms with Crippen LogP contribution in [-0.4, -0.2) is 69.4 Å². The van der Waals surface area contributed by atoms with Crippen molar-refractivity contribution in [3.05, 3.63) is 11.6 Å². The Morgan fingerprint density at radius 2 is 1.47 bits per heavy atom. The number of rotatable bonds is 18. The Morgan fingerprint density at radius 3 is 2.04 bits per heavy atom. The predicted octanol–water partition coefficient (Wildman–Crippen LogP) is 6.36. The number of hydrogen-bond donors (Lipinski definition) is 5. The first kappa shape index (κ1) is 39.8. The molecule has 7 atom stereocenters. The summed E-state index contributed by atoms with van der Waals surface area (Å²) in [6.07, 6.45) is 23.6. The van der Waals surface area contributed by atoms with Gasteiger partial charge in [0.15, 0.2) is 11.6 Å². The third-order valence-corrected chi connectivity index (χ3v) is 12.6. The number of allylic oxidation sites excluding steroid dienone is 1. The summed E-state index contributed by atoms with van der Waals surface area (Å²) < 4.78 is 0. The van der Waals surface area contributed by atoms with E-state index in [-0.39, 0.29) is 41.5 Å². The Bertz CT molecular complexity index is 1040. The molecular formula is C39H67NO7. The van der Waals surface area contributed by atoms with Crippen molar-refractivity contribution in [3.8, 4) is 0 Å². The molecule has 4 rings (SSSR count). The van der Waals surface area contributed by atoms with E-state index in [2.05, 4.69) is 19.2 Å². The van der Waals surface area contributed by atoms with Gasteiger partial charge in [-0.05, 0) is 74.2 Å².